The Hall–Kier alpha value is -2.87. The van der Waals surface area contributed by atoms with Gasteiger partial charge in [0.15, 0.2) is 5.82 Å². The molecule has 8 heteroatoms. The van der Waals surface area contributed by atoms with Gasteiger partial charge < -0.3 is 10.7 Å². The van der Waals surface area contributed by atoms with E-state index in [4.69, 9.17) is 0 Å². The van der Waals surface area contributed by atoms with E-state index in [1.54, 1.807) is 12.1 Å². The van der Waals surface area contributed by atoms with Crippen LogP contribution in [-0.4, -0.2) is 26.0 Å². The number of benzene rings is 2. The van der Waals surface area contributed by atoms with Crippen LogP contribution in [0.2, 0.25) is 0 Å². The summed E-state index contributed by atoms with van der Waals surface area (Å²) in [5.74, 6) is 0.342. The zero-order valence-electron chi connectivity index (χ0n) is 16.2. The Morgan fingerprint density at radius 3 is 2.62 bits per heavy atom. The SMILES string of the molecule is CCc1ccccc1NC(=O)[C@H]1Sc2nnc(CC)n2N[C@@H]1c1ccc(F)cc1. The molecule has 4 rings (SSSR count). The van der Waals surface area contributed by atoms with Crippen molar-refractivity contribution in [3.05, 3.63) is 71.3 Å². The molecule has 0 bridgehead atoms. The zero-order chi connectivity index (χ0) is 20.4. The standard InChI is InChI=1S/C21H22FN5OS/c1-3-13-7-5-6-8-16(13)23-20(28)19-18(14-9-11-15(22)12-10-14)26-27-17(4-2)24-25-21(27)29-19/h5-12,18-19,26H,3-4H2,1-2H3,(H,23,28)/t18-,19+/m1/s1. The van der Waals surface area contributed by atoms with E-state index in [0.717, 1.165) is 29.1 Å². The van der Waals surface area contributed by atoms with Gasteiger partial charge in [0.05, 0.1) is 6.04 Å². The minimum Gasteiger partial charge on any atom is -0.325 e. The first-order valence-electron chi connectivity index (χ1n) is 9.62. The number of para-hydroxylation sites is 1. The van der Waals surface area contributed by atoms with E-state index in [1.165, 1.54) is 23.9 Å². The van der Waals surface area contributed by atoms with E-state index in [0.29, 0.717) is 11.6 Å². The third-order valence-corrected chi connectivity index (χ3v) is 6.18. The van der Waals surface area contributed by atoms with Gasteiger partial charge in [0.1, 0.15) is 11.1 Å². The van der Waals surface area contributed by atoms with Gasteiger partial charge in [-0.3, -0.25) is 4.79 Å². The maximum atomic E-state index is 13.5. The molecule has 2 N–H and O–H groups in total. The molecule has 0 saturated heterocycles. The van der Waals surface area contributed by atoms with Gasteiger partial charge >= 0.3 is 0 Å². The second-order valence-electron chi connectivity index (χ2n) is 6.78. The number of halogens is 1. The summed E-state index contributed by atoms with van der Waals surface area (Å²) < 4.78 is 15.3. The maximum Gasteiger partial charge on any atom is 0.240 e. The number of nitrogens with zero attached hydrogens (tertiary/aromatic N) is 3. The molecule has 3 aromatic rings. The summed E-state index contributed by atoms with van der Waals surface area (Å²) in [4.78, 5) is 13.3. The van der Waals surface area contributed by atoms with Crippen molar-refractivity contribution in [3.8, 4) is 0 Å². The maximum absolute atomic E-state index is 13.5. The summed E-state index contributed by atoms with van der Waals surface area (Å²) in [7, 11) is 0. The molecule has 0 fully saturated rings. The lowest BCUT2D eigenvalue weighted by molar-refractivity contribution is -0.116. The Bertz CT molecular complexity index is 1020. The topological polar surface area (TPSA) is 71.8 Å². The highest BCUT2D eigenvalue weighted by Crippen LogP contribution is 2.37. The highest BCUT2D eigenvalue weighted by atomic mass is 32.2. The van der Waals surface area contributed by atoms with Crippen LogP contribution in [0.5, 0.6) is 0 Å². The van der Waals surface area contributed by atoms with E-state index in [2.05, 4.69) is 27.9 Å². The Labute approximate surface area is 172 Å². The van der Waals surface area contributed by atoms with Crippen molar-refractivity contribution in [2.24, 2.45) is 0 Å². The molecular formula is C21H22FN5OS. The van der Waals surface area contributed by atoms with Crippen molar-refractivity contribution in [1.82, 2.24) is 14.9 Å². The van der Waals surface area contributed by atoms with Crippen LogP contribution in [0.25, 0.3) is 0 Å². The molecule has 150 valence electrons. The van der Waals surface area contributed by atoms with Crippen LogP contribution < -0.4 is 10.7 Å². The molecule has 0 radical (unpaired) electrons. The van der Waals surface area contributed by atoms with Gasteiger partial charge in [-0.1, -0.05) is 55.9 Å². The van der Waals surface area contributed by atoms with Crippen molar-refractivity contribution in [1.29, 1.82) is 0 Å². The number of anilines is 1. The average Bonchev–Trinajstić information content (AvgIpc) is 3.16. The number of rotatable bonds is 5. The molecule has 2 atom stereocenters. The number of aromatic nitrogens is 3. The highest BCUT2D eigenvalue weighted by Gasteiger charge is 2.37. The van der Waals surface area contributed by atoms with Crippen molar-refractivity contribution in [2.45, 2.75) is 43.1 Å². The van der Waals surface area contributed by atoms with Crippen LogP contribution in [0.15, 0.2) is 53.7 Å². The van der Waals surface area contributed by atoms with Gasteiger partial charge in [-0.25, -0.2) is 9.07 Å². The van der Waals surface area contributed by atoms with E-state index in [9.17, 15) is 9.18 Å². The predicted octanol–water partition coefficient (Wildman–Crippen LogP) is 3.94. The van der Waals surface area contributed by atoms with Gasteiger partial charge in [0.2, 0.25) is 11.1 Å². The van der Waals surface area contributed by atoms with Crippen LogP contribution in [0.4, 0.5) is 10.1 Å². The lowest BCUT2D eigenvalue weighted by Gasteiger charge is -2.33. The van der Waals surface area contributed by atoms with E-state index >= 15 is 0 Å². The van der Waals surface area contributed by atoms with E-state index < -0.39 is 5.25 Å². The van der Waals surface area contributed by atoms with E-state index in [1.807, 2.05) is 35.9 Å². The Kier molecular flexibility index (Phi) is 5.53. The summed E-state index contributed by atoms with van der Waals surface area (Å²) in [6, 6.07) is 13.6. The van der Waals surface area contributed by atoms with Crippen LogP contribution >= 0.6 is 11.8 Å². The summed E-state index contributed by atoms with van der Waals surface area (Å²) in [5.41, 5.74) is 6.07. The number of nitrogens with one attached hydrogen (secondary N) is 2. The minimum atomic E-state index is -0.494. The fraction of sp³-hybridized carbons (Fsp3) is 0.286. The second kappa shape index (κ2) is 8.24. The first-order valence-corrected chi connectivity index (χ1v) is 10.5. The van der Waals surface area contributed by atoms with Gasteiger partial charge in [0.25, 0.3) is 0 Å². The Balaban J connectivity index is 1.68. The highest BCUT2D eigenvalue weighted by molar-refractivity contribution is 8.00. The average molecular weight is 412 g/mol. The van der Waals surface area contributed by atoms with Crippen LogP contribution in [-0.2, 0) is 17.6 Å². The Morgan fingerprint density at radius 1 is 1.14 bits per heavy atom. The number of hydrogen-bond acceptors (Lipinski definition) is 5. The molecule has 1 amide bonds. The molecule has 0 unspecified atom stereocenters. The van der Waals surface area contributed by atoms with Crippen LogP contribution in [0, 0.1) is 5.82 Å². The first-order chi connectivity index (χ1) is 14.1. The molecule has 1 aromatic heterocycles. The van der Waals surface area contributed by atoms with Crippen LogP contribution in [0.1, 0.15) is 36.8 Å². The largest absolute Gasteiger partial charge is 0.325 e. The molecule has 0 spiro atoms. The molecule has 1 aliphatic rings. The summed E-state index contributed by atoms with van der Waals surface area (Å²) >= 11 is 1.36. The van der Waals surface area contributed by atoms with Gasteiger partial charge in [-0.15, -0.1) is 10.2 Å². The predicted molar refractivity (Wildman–Crippen MR) is 112 cm³/mol. The third kappa shape index (κ3) is 3.85. The van der Waals surface area contributed by atoms with Gasteiger partial charge in [-0.2, -0.15) is 0 Å². The van der Waals surface area contributed by atoms with Crippen molar-refractivity contribution >= 4 is 23.4 Å². The fourth-order valence-electron chi connectivity index (χ4n) is 3.40. The molecule has 0 aliphatic carbocycles. The third-order valence-electron chi connectivity index (χ3n) is 4.96. The molecule has 2 heterocycles. The van der Waals surface area contributed by atoms with Gasteiger partial charge in [-0.05, 0) is 35.7 Å². The number of aryl methyl sites for hydroxylation is 2. The summed E-state index contributed by atoms with van der Waals surface area (Å²) in [5, 5.41) is 11.6. The van der Waals surface area contributed by atoms with Crippen molar-refractivity contribution in [2.75, 3.05) is 10.7 Å². The quantitative estimate of drug-likeness (QED) is 0.665. The van der Waals surface area contributed by atoms with Crippen molar-refractivity contribution < 1.29 is 9.18 Å². The molecule has 1 aliphatic heterocycles. The molecule has 29 heavy (non-hydrogen) atoms. The second-order valence-corrected chi connectivity index (χ2v) is 7.89. The smallest absolute Gasteiger partial charge is 0.240 e. The lowest BCUT2D eigenvalue weighted by Crippen LogP contribution is -2.41. The molecule has 0 saturated carbocycles. The number of thioether (sulfide) groups is 1. The number of fused-ring (bicyclic) bond motifs is 1. The number of carbonyl (C=O) groups is 1. The fourth-order valence-corrected chi connectivity index (χ4v) is 4.50. The van der Waals surface area contributed by atoms with Crippen molar-refractivity contribution in [3.63, 3.8) is 0 Å². The lowest BCUT2D eigenvalue weighted by atomic mass is 10.0. The Morgan fingerprint density at radius 2 is 1.90 bits per heavy atom. The normalized spacial score (nSPS) is 18.0. The summed E-state index contributed by atoms with van der Waals surface area (Å²) in [6.45, 7) is 4.05. The molecule has 6 nitrogen and oxygen atoms in total. The molecule has 2 aromatic carbocycles. The molecular weight excluding hydrogens is 389 g/mol. The van der Waals surface area contributed by atoms with E-state index in [-0.39, 0.29) is 17.8 Å². The van der Waals surface area contributed by atoms with Crippen LogP contribution in [0.3, 0.4) is 0 Å². The zero-order valence-corrected chi connectivity index (χ0v) is 17.0. The first kappa shape index (κ1) is 19.4. The number of amides is 1. The summed E-state index contributed by atoms with van der Waals surface area (Å²) in [6.07, 6.45) is 1.53. The number of hydrogen-bond donors (Lipinski definition) is 2. The minimum absolute atomic E-state index is 0.134. The monoisotopic (exact) mass is 411 g/mol. The number of carbonyl (C=O) groups excluding carboxylic acids is 1. The van der Waals surface area contributed by atoms with Gasteiger partial charge in [0, 0.05) is 12.1 Å².